The van der Waals surface area contributed by atoms with E-state index in [2.05, 4.69) is 4.98 Å². The molecule has 0 bridgehead atoms. The Balaban J connectivity index is 2.33. The number of likely N-dealkylation sites (N-methyl/N-ethyl adjacent to an activating group) is 1. The number of nitrogens with one attached hydrogen (secondary N) is 1. The Kier molecular flexibility index (Phi) is 3.24. The van der Waals surface area contributed by atoms with Gasteiger partial charge in [0.05, 0.1) is 6.04 Å². The van der Waals surface area contributed by atoms with Crippen LogP contribution in [0.2, 0.25) is 0 Å². The quantitative estimate of drug-likeness (QED) is 0.821. The molecule has 1 atom stereocenters. The van der Waals surface area contributed by atoms with Crippen LogP contribution in [-0.2, 0) is 11.2 Å². The van der Waals surface area contributed by atoms with Gasteiger partial charge in [-0.25, -0.2) is 4.39 Å². The first-order valence-corrected chi connectivity index (χ1v) is 5.49. The molecule has 0 saturated carbocycles. The van der Waals surface area contributed by atoms with Crippen LogP contribution in [-0.4, -0.2) is 36.3 Å². The van der Waals surface area contributed by atoms with E-state index in [0.717, 1.165) is 22.8 Å². The maximum absolute atomic E-state index is 13.0. The molecule has 1 unspecified atom stereocenters. The lowest BCUT2D eigenvalue weighted by Gasteiger charge is -2.17. The van der Waals surface area contributed by atoms with E-state index in [1.165, 1.54) is 12.1 Å². The maximum Gasteiger partial charge on any atom is 0.137 e. The fourth-order valence-corrected chi connectivity index (χ4v) is 1.91. The molecule has 0 aliphatic heterocycles. The van der Waals surface area contributed by atoms with Crippen LogP contribution in [0.3, 0.4) is 0 Å². The smallest absolute Gasteiger partial charge is 0.137 e. The molecule has 0 aliphatic carbocycles. The number of nitrogens with zero attached hydrogens (tertiary/aromatic N) is 1. The molecule has 0 amide bonds. The van der Waals surface area contributed by atoms with Crippen molar-refractivity contribution < 1.29 is 9.18 Å². The Labute approximate surface area is 99.2 Å². The van der Waals surface area contributed by atoms with E-state index >= 15 is 0 Å². The van der Waals surface area contributed by atoms with Crippen molar-refractivity contribution in [3.63, 3.8) is 0 Å². The van der Waals surface area contributed by atoms with Gasteiger partial charge < -0.3 is 9.78 Å². The highest BCUT2D eigenvalue weighted by Crippen LogP contribution is 2.20. The average Bonchev–Trinajstić information content (AvgIpc) is 2.67. The van der Waals surface area contributed by atoms with Crippen LogP contribution in [0.5, 0.6) is 0 Å². The van der Waals surface area contributed by atoms with E-state index in [4.69, 9.17) is 0 Å². The number of hydrogen-bond acceptors (Lipinski definition) is 2. The summed E-state index contributed by atoms with van der Waals surface area (Å²) in [6, 6.07) is 4.49. The summed E-state index contributed by atoms with van der Waals surface area (Å²) in [4.78, 5) is 15.8. The van der Waals surface area contributed by atoms with Crippen molar-refractivity contribution in [3.8, 4) is 0 Å². The summed E-state index contributed by atoms with van der Waals surface area (Å²) in [5.41, 5.74) is 1.80. The number of hydrogen-bond donors (Lipinski definition) is 1. The van der Waals surface area contributed by atoms with E-state index in [-0.39, 0.29) is 11.9 Å². The summed E-state index contributed by atoms with van der Waals surface area (Å²) in [5.74, 6) is -0.259. The Bertz CT molecular complexity index is 533. The van der Waals surface area contributed by atoms with Gasteiger partial charge >= 0.3 is 0 Å². The maximum atomic E-state index is 13.0. The van der Waals surface area contributed by atoms with Gasteiger partial charge in [0.1, 0.15) is 12.1 Å². The Hall–Kier alpha value is -1.68. The summed E-state index contributed by atoms with van der Waals surface area (Å²) < 4.78 is 13.0. The number of H-pyrrole nitrogens is 1. The molecule has 2 aromatic rings. The van der Waals surface area contributed by atoms with E-state index in [0.29, 0.717) is 6.42 Å². The highest BCUT2D eigenvalue weighted by molar-refractivity contribution is 5.83. The largest absolute Gasteiger partial charge is 0.361 e. The van der Waals surface area contributed by atoms with Gasteiger partial charge in [0, 0.05) is 17.1 Å². The predicted molar refractivity (Wildman–Crippen MR) is 65.5 cm³/mol. The molecule has 3 nitrogen and oxygen atoms in total. The molecule has 2 rings (SSSR count). The monoisotopic (exact) mass is 234 g/mol. The number of rotatable bonds is 4. The van der Waals surface area contributed by atoms with Crippen molar-refractivity contribution in [2.75, 3.05) is 14.1 Å². The predicted octanol–water partition coefficient (Wildman–Crippen LogP) is 1.98. The number of aromatic amines is 1. The molecule has 0 aliphatic rings. The second-order valence-corrected chi connectivity index (χ2v) is 4.37. The van der Waals surface area contributed by atoms with Gasteiger partial charge in [-0.2, -0.15) is 0 Å². The van der Waals surface area contributed by atoms with Crippen LogP contribution in [0, 0.1) is 5.82 Å². The second-order valence-electron chi connectivity index (χ2n) is 4.37. The SMILES string of the molecule is CN(C)C(C=O)Cc1c[nH]c2cc(F)ccc12. The number of halogens is 1. The summed E-state index contributed by atoms with van der Waals surface area (Å²) in [6.45, 7) is 0. The first kappa shape index (κ1) is 11.8. The fraction of sp³-hybridized carbons (Fsp3) is 0.308. The van der Waals surface area contributed by atoms with Gasteiger partial charge in [-0.1, -0.05) is 0 Å². The molecular formula is C13H15FN2O. The minimum Gasteiger partial charge on any atom is -0.361 e. The van der Waals surface area contributed by atoms with Crippen molar-refractivity contribution in [2.24, 2.45) is 0 Å². The van der Waals surface area contributed by atoms with Gasteiger partial charge in [0.15, 0.2) is 0 Å². The van der Waals surface area contributed by atoms with Crippen LogP contribution < -0.4 is 0 Å². The highest BCUT2D eigenvalue weighted by Gasteiger charge is 2.13. The number of carbonyl (C=O) groups is 1. The second kappa shape index (κ2) is 4.67. The Morgan fingerprint density at radius 2 is 2.24 bits per heavy atom. The third kappa shape index (κ3) is 2.36. The van der Waals surface area contributed by atoms with Gasteiger partial charge in [-0.15, -0.1) is 0 Å². The molecule has 17 heavy (non-hydrogen) atoms. The molecule has 1 heterocycles. The van der Waals surface area contributed by atoms with Crippen LogP contribution in [0.15, 0.2) is 24.4 Å². The van der Waals surface area contributed by atoms with E-state index in [1.54, 1.807) is 6.07 Å². The lowest BCUT2D eigenvalue weighted by molar-refractivity contribution is -0.111. The van der Waals surface area contributed by atoms with Crippen LogP contribution >= 0.6 is 0 Å². The number of carbonyl (C=O) groups excluding carboxylic acids is 1. The van der Waals surface area contributed by atoms with E-state index < -0.39 is 0 Å². The minimum atomic E-state index is -0.259. The molecule has 90 valence electrons. The third-order valence-electron chi connectivity index (χ3n) is 2.98. The molecular weight excluding hydrogens is 219 g/mol. The highest BCUT2D eigenvalue weighted by atomic mass is 19.1. The topological polar surface area (TPSA) is 36.1 Å². The minimum absolute atomic E-state index is 0.154. The third-order valence-corrected chi connectivity index (χ3v) is 2.98. The van der Waals surface area contributed by atoms with Crippen LogP contribution in [0.4, 0.5) is 4.39 Å². The first-order chi connectivity index (χ1) is 8.11. The molecule has 1 N–H and O–H groups in total. The number of fused-ring (bicyclic) bond motifs is 1. The molecule has 1 aromatic carbocycles. The molecule has 1 aromatic heterocycles. The van der Waals surface area contributed by atoms with Crippen molar-refractivity contribution in [1.82, 2.24) is 9.88 Å². The number of benzene rings is 1. The summed E-state index contributed by atoms with van der Waals surface area (Å²) >= 11 is 0. The zero-order chi connectivity index (χ0) is 12.4. The van der Waals surface area contributed by atoms with Gasteiger partial charge in [0.25, 0.3) is 0 Å². The first-order valence-electron chi connectivity index (χ1n) is 5.49. The normalized spacial score (nSPS) is 13.2. The fourth-order valence-electron chi connectivity index (χ4n) is 1.91. The number of aromatic nitrogens is 1. The van der Waals surface area contributed by atoms with Gasteiger partial charge in [-0.3, -0.25) is 4.90 Å². The van der Waals surface area contributed by atoms with Crippen molar-refractivity contribution in [1.29, 1.82) is 0 Å². The zero-order valence-corrected chi connectivity index (χ0v) is 9.90. The van der Waals surface area contributed by atoms with E-state index in [1.807, 2.05) is 25.2 Å². The molecule has 0 saturated heterocycles. The standard InChI is InChI=1S/C13H15FN2O/c1-16(2)11(8-17)5-9-7-15-13-6-10(14)3-4-12(9)13/h3-4,6-8,11,15H,5H2,1-2H3. The Morgan fingerprint density at radius 1 is 1.47 bits per heavy atom. The molecule has 0 fully saturated rings. The molecule has 4 heteroatoms. The van der Waals surface area contributed by atoms with Crippen molar-refractivity contribution in [2.45, 2.75) is 12.5 Å². The number of aldehydes is 1. The lowest BCUT2D eigenvalue weighted by atomic mass is 10.1. The summed E-state index contributed by atoms with van der Waals surface area (Å²) in [6.07, 6.45) is 3.40. The molecule has 0 radical (unpaired) electrons. The van der Waals surface area contributed by atoms with Gasteiger partial charge in [-0.05, 0) is 44.3 Å². The average molecular weight is 234 g/mol. The zero-order valence-electron chi connectivity index (χ0n) is 9.90. The van der Waals surface area contributed by atoms with Crippen LogP contribution in [0.25, 0.3) is 10.9 Å². The molecule has 0 spiro atoms. The van der Waals surface area contributed by atoms with Gasteiger partial charge in [0.2, 0.25) is 0 Å². The summed E-state index contributed by atoms with van der Waals surface area (Å²) in [5, 5.41) is 0.972. The van der Waals surface area contributed by atoms with E-state index in [9.17, 15) is 9.18 Å². The van der Waals surface area contributed by atoms with Crippen molar-refractivity contribution >= 4 is 17.2 Å². The van der Waals surface area contributed by atoms with Crippen LogP contribution in [0.1, 0.15) is 5.56 Å². The summed E-state index contributed by atoms with van der Waals surface area (Å²) in [7, 11) is 3.74. The lowest BCUT2D eigenvalue weighted by Crippen LogP contribution is -2.31. The van der Waals surface area contributed by atoms with Crippen molar-refractivity contribution in [3.05, 3.63) is 35.8 Å². The Morgan fingerprint density at radius 3 is 2.88 bits per heavy atom.